The van der Waals surface area contributed by atoms with Gasteiger partial charge in [-0.2, -0.15) is 0 Å². The van der Waals surface area contributed by atoms with E-state index < -0.39 is 6.36 Å². The minimum atomic E-state index is -1.87. The Balaban J connectivity index is 0. The zero-order valence-corrected chi connectivity index (χ0v) is 6.07. The molecule has 0 aliphatic rings. The van der Waals surface area contributed by atoms with Crippen LogP contribution in [-0.2, 0) is 0 Å². The number of alkyl halides is 1. The Bertz CT molecular complexity index is 24.8. The Labute approximate surface area is 58.8 Å². The number of hydrogen-bond donors (Lipinski definition) is 0. The van der Waals surface area contributed by atoms with E-state index in [1.54, 1.807) is 0 Å². The molecule has 0 rings (SSSR count). The van der Waals surface area contributed by atoms with Crippen molar-refractivity contribution in [3.8, 4) is 0 Å². The van der Waals surface area contributed by atoms with Crippen LogP contribution in [0.4, 0.5) is 4.39 Å². The van der Waals surface area contributed by atoms with Crippen LogP contribution in [0.2, 0.25) is 0 Å². The van der Waals surface area contributed by atoms with Gasteiger partial charge in [-0.05, 0) is 6.42 Å². The van der Waals surface area contributed by atoms with Gasteiger partial charge in [-0.25, -0.2) is 0 Å². The molecule has 0 aliphatic heterocycles. The van der Waals surface area contributed by atoms with Crippen LogP contribution in [0.3, 0.4) is 0 Å². The van der Waals surface area contributed by atoms with E-state index in [0.717, 1.165) is 0 Å². The van der Waals surface area contributed by atoms with Crippen LogP contribution in [-0.4, -0.2) is 6.36 Å². The molecule has 1 nitrogen and oxygen atoms in total. The summed E-state index contributed by atoms with van der Waals surface area (Å²) < 4.78 is 10.9. The molecule has 6 heavy (non-hydrogen) atoms. The molecule has 0 radical (unpaired) electrons. The molecule has 0 amide bonds. The molecule has 1 unspecified atom stereocenters. The van der Waals surface area contributed by atoms with Gasteiger partial charge in [-0.3, -0.25) is 4.39 Å². The normalized spacial score (nSPS) is 12.5. The van der Waals surface area contributed by atoms with Crippen molar-refractivity contribution in [1.29, 1.82) is 0 Å². The summed E-state index contributed by atoms with van der Waals surface area (Å²) in [5.41, 5.74) is 0. The van der Waals surface area contributed by atoms with E-state index in [2.05, 4.69) is 0 Å². The van der Waals surface area contributed by atoms with E-state index in [-0.39, 0.29) is 36.0 Å². The van der Waals surface area contributed by atoms with Crippen molar-refractivity contribution < 1.29 is 39.1 Å². The van der Waals surface area contributed by atoms with Gasteiger partial charge in [0.05, 0.1) is 0 Å². The third kappa shape index (κ3) is 8.86. The van der Waals surface area contributed by atoms with E-state index in [0.29, 0.717) is 0 Å². The van der Waals surface area contributed by atoms with Crippen molar-refractivity contribution in [1.82, 2.24) is 0 Å². The van der Waals surface area contributed by atoms with Crippen molar-refractivity contribution in [2.75, 3.05) is 0 Å². The van der Waals surface area contributed by atoms with Gasteiger partial charge in [0, 0.05) is 6.36 Å². The van der Waals surface area contributed by atoms with Crippen molar-refractivity contribution in [2.45, 2.75) is 19.7 Å². The Morgan fingerprint density at radius 3 is 2.00 bits per heavy atom. The first kappa shape index (κ1) is 10.00. The predicted molar refractivity (Wildman–Crippen MR) is 15.2 cm³/mol. The van der Waals surface area contributed by atoms with E-state index >= 15 is 0 Å². The van der Waals surface area contributed by atoms with Gasteiger partial charge >= 0.3 is 29.6 Å². The zero-order chi connectivity index (χ0) is 4.28. The fourth-order valence-electron chi connectivity index (χ4n) is 0. The maximum absolute atomic E-state index is 10.9. The van der Waals surface area contributed by atoms with Gasteiger partial charge in [0.25, 0.3) is 0 Å². The Morgan fingerprint density at radius 1 is 1.83 bits per heavy atom. The second kappa shape index (κ2) is 5.89. The van der Waals surface area contributed by atoms with E-state index in [1.807, 2.05) is 0 Å². The molecule has 0 fully saturated rings. The average molecular weight is 100 g/mol. The summed E-state index contributed by atoms with van der Waals surface area (Å²) in [7, 11) is 0. The minimum Gasteiger partial charge on any atom is -0.827 e. The first-order valence-electron chi connectivity index (χ1n) is 1.57. The molecule has 3 heteroatoms. The number of rotatable bonds is 1. The smallest absolute Gasteiger partial charge is 0.827 e. The molecule has 0 aromatic rings. The van der Waals surface area contributed by atoms with Gasteiger partial charge < -0.3 is 5.11 Å². The van der Waals surface area contributed by atoms with Crippen LogP contribution < -0.4 is 34.7 Å². The van der Waals surface area contributed by atoms with E-state index in [1.165, 1.54) is 6.92 Å². The van der Waals surface area contributed by atoms with Crippen LogP contribution in [0.25, 0.3) is 0 Å². The van der Waals surface area contributed by atoms with Crippen LogP contribution in [0.15, 0.2) is 0 Å². The molecule has 0 aliphatic carbocycles. The Morgan fingerprint density at radius 2 is 2.00 bits per heavy atom. The maximum atomic E-state index is 10.9. The predicted octanol–water partition coefficient (Wildman–Crippen LogP) is -2.94. The third-order valence-electron chi connectivity index (χ3n) is 0.321. The molecule has 0 bridgehead atoms. The standard InChI is InChI=1S/C3H6FO.Na/c1-2-3(4)5;/h3H,2H2,1H3;/q-1;+1. The van der Waals surface area contributed by atoms with Crippen LogP contribution in [0.1, 0.15) is 13.3 Å². The minimum absolute atomic E-state index is 0. The van der Waals surface area contributed by atoms with Gasteiger partial charge in [-0.15, -0.1) is 0 Å². The number of halogens is 1. The second-order valence-electron chi connectivity index (χ2n) is 0.818. The fourth-order valence-corrected chi connectivity index (χ4v) is 0. The van der Waals surface area contributed by atoms with Gasteiger partial charge in [0.1, 0.15) is 0 Å². The fraction of sp³-hybridized carbons (Fsp3) is 1.00. The summed E-state index contributed by atoms with van der Waals surface area (Å²) in [6.07, 6.45) is -1.78. The van der Waals surface area contributed by atoms with Crippen LogP contribution >= 0.6 is 0 Å². The first-order chi connectivity index (χ1) is 2.27. The molecule has 0 N–H and O–H groups in total. The number of hydrogen-bond acceptors (Lipinski definition) is 1. The van der Waals surface area contributed by atoms with Crippen molar-refractivity contribution in [2.24, 2.45) is 0 Å². The monoisotopic (exact) mass is 100 g/mol. The van der Waals surface area contributed by atoms with Gasteiger partial charge in [0.2, 0.25) is 0 Å². The van der Waals surface area contributed by atoms with Crippen LogP contribution in [0.5, 0.6) is 0 Å². The molecule has 0 aromatic heterocycles. The maximum Gasteiger partial charge on any atom is 1.00 e. The molecule has 32 valence electrons. The van der Waals surface area contributed by atoms with Gasteiger partial charge in [-0.1, -0.05) is 6.92 Å². The quantitative estimate of drug-likeness (QED) is 0.323. The Hall–Kier alpha value is 0.890. The third-order valence-corrected chi connectivity index (χ3v) is 0.321. The topological polar surface area (TPSA) is 23.1 Å². The largest absolute Gasteiger partial charge is 1.00 e. The summed E-state index contributed by atoms with van der Waals surface area (Å²) in [6, 6.07) is 0. The summed E-state index contributed by atoms with van der Waals surface area (Å²) in [4.78, 5) is 0. The zero-order valence-electron chi connectivity index (χ0n) is 4.07. The first-order valence-corrected chi connectivity index (χ1v) is 1.57. The molecular formula is C3H6FNaO. The second-order valence-corrected chi connectivity index (χ2v) is 0.818. The molecular weight excluding hydrogens is 94.0 g/mol. The van der Waals surface area contributed by atoms with E-state index in [9.17, 15) is 9.50 Å². The van der Waals surface area contributed by atoms with Crippen LogP contribution in [0, 0.1) is 0 Å². The van der Waals surface area contributed by atoms with E-state index in [4.69, 9.17) is 0 Å². The average Bonchev–Trinajstić information content (AvgIpc) is 1.38. The molecule has 0 heterocycles. The van der Waals surface area contributed by atoms with Crippen molar-refractivity contribution in [3.05, 3.63) is 0 Å². The SMILES string of the molecule is CCC([O-])F.[Na+]. The molecule has 1 atom stereocenters. The summed E-state index contributed by atoms with van der Waals surface area (Å²) >= 11 is 0. The molecule has 0 saturated heterocycles. The molecule has 0 aromatic carbocycles. The summed E-state index contributed by atoms with van der Waals surface area (Å²) in [6.45, 7) is 1.51. The van der Waals surface area contributed by atoms with Crippen molar-refractivity contribution in [3.63, 3.8) is 0 Å². The molecule has 0 spiro atoms. The summed E-state index contributed by atoms with van der Waals surface area (Å²) in [5.74, 6) is 0. The Kier molecular flexibility index (Phi) is 9.81. The van der Waals surface area contributed by atoms with Gasteiger partial charge in [0.15, 0.2) is 0 Å². The molecule has 0 saturated carbocycles. The summed E-state index contributed by atoms with van der Waals surface area (Å²) in [5, 5.41) is 9.23. The van der Waals surface area contributed by atoms with Crippen molar-refractivity contribution >= 4 is 0 Å².